The van der Waals surface area contributed by atoms with Crippen LogP contribution < -0.4 is 11.1 Å². The summed E-state index contributed by atoms with van der Waals surface area (Å²) in [6.45, 7) is 2.69. The molecule has 2 unspecified atom stereocenters. The summed E-state index contributed by atoms with van der Waals surface area (Å²) in [5, 5.41) is 3.10. The lowest BCUT2D eigenvalue weighted by atomic mass is 9.93. The van der Waals surface area contributed by atoms with E-state index in [-0.39, 0.29) is 11.9 Å². The third kappa shape index (κ3) is 4.06. The lowest BCUT2D eigenvalue weighted by Crippen LogP contribution is -2.42. The van der Waals surface area contributed by atoms with Crippen molar-refractivity contribution in [1.29, 1.82) is 0 Å². The second-order valence-electron chi connectivity index (χ2n) is 5.47. The fourth-order valence-electron chi connectivity index (χ4n) is 2.58. The van der Waals surface area contributed by atoms with E-state index in [1.54, 1.807) is 0 Å². The van der Waals surface area contributed by atoms with Gasteiger partial charge in [-0.15, -0.1) is 0 Å². The predicted molar refractivity (Wildman–Crippen MR) is 77.8 cm³/mol. The predicted octanol–water partition coefficient (Wildman–Crippen LogP) is 2.42. The van der Waals surface area contributed by atoms with Crippen molar-refractivity contribution in [2.75, 3.05) is 6.54 Å². The van der Waals surface area contributed by atoms with Gasteiger partial charge in [-0.25, -0.2) is 0 Å². The van der Waals surface area contributed by atoms with Crippen LogP contribution in [0.5, 0.6) is 0 Å². The Morgan fingerprint density at radius 1 is 1.37 bits per heavy atom. The Bertz CT molecular complexity index is 400. The zero-order chi connectivity index (χ0) is 13.7. The van der Waals surface area contributed by atoms with Gasteiger partial charge in [0, 0.05) is 19.0 Å². The largest absolute Gasteiger partial charge is 0.352 e. The number of nitrogens with one attached hydrogen (secondary N) is 1. The molecule has 0 heterocycles. The summed E-state index contributed by atoms with van der Waals surface area (Å²) in [5.41, 5.74) is 6.97. The van der Waals surface area contributed by atoms with Gasteiger partial charge in [-0.1, -0.05) is 37.3 Å². The molecule has 104 valence electrons. The molecule has 0 spiro atoms. The second-order valence-corrected chi connectivity index (χ2v) is 5.47. The Labute approximate surface area is 115 Å². The van der Waals surface area contributed by atoms with Crippen molar-refractivity contribution >= 4 is 5.91 Å². The van der Waals surface area contributed by atoms with Crippen LogP contribution in [0.25, 0.3) is 0 Å². The van der Waals surface area contributed by atoms with Crippen molar-refractivity contribution in [2.24, 2.45) is 11.7 Å². The first-order valence-corrected chi connectivity index (χ1v) is 7.29. The zero-order valence-corrected chi connectivity index (χ0v) is 11.6. The number of carbonyl (C=O) groups excluding carboxylic acids is 1. The summed E-state index contributed by atoms with van der Waals surface area (Å²) >= 11 is 0. The van der Waals surface area contributed by atoms with E-state index in [0.717, 1.165) is 6.42 Å². The molecule has 1 aromatic rings. The Morgan fingerprint density at radius 2 is 2.05 bits per heavy atom. The SMILES string of the molecule is CCC(CC(=O)NC(CN)C1CC1)c1ccccc1. The normalized spacial score (nSPS) is 17.8. The average molecular weight is 260 g/mol. The molecule has 1 aliphatic rings. The van der Waals surface area contributed by atoms with Gasteiger partial charge in [0.25, 0.3) is 0 Å². The number of benzene rings is 1. The van der Waals surface area contributed by atoms with Crippen LogP contribution in [0, 0.1) is 5.92 Å². The summed E-state index contributed by atoms with van der Waals surface area (Å²) in [4.78, 5) is 12.1. The highest BCUT2D eigenvalue weighted by Crippen LogP contribution is 2.32. The number of hydrogen-bond donors (Lipinski definition) is 2. The number of hydrogen-bond acceptors (Lipinski definition) is 2. The highest BCUT2D eigenvalue weighted by Gasteiger charge is 2.31. The van der Waals surface area contributed by atoms with Crippen LogP contribution in [0.2, 0.25) is 0 Å². The minimum atomic E-state index is 0.137. The molecule has 3 heteroatoms. The number of amides is 1. The molecule has 0 bridgehead atoms. The van der Waals surface area contributed by atoms with Crippen LogP contribution in [-0.4, -0.2) is 18.5 Å². The van der Waals surface area contributed by atoms with Gasteiger partial charge >= 0.3 is 0 Å². The van der Waals surface area contributed by atoms with Gasteiger partial charge < -0.3 is 11.1 Å². The highest BCUT2D eigenvalue weighted by molar-refractivity contribution is 5.77. The molecule has 0 saturated heterocycles. The minimum Gasteiger partial charge on any atom is -0.352 e. The van der Waals surface area contributed by atoms with Gasteiger partial charge in [-0.05, 0) is 36.7 Å². The van der Waals surface area contributed by atoms with Crippen LogP contribution in [0.1, 0.15) is 44.1 Å². The molecule has 1 saturated carbocycles. The third-order valence-corrected chi connectivity index (χ3v) is 3.99. The summed E-state index contributed by atoms with van der Waals surface area (Å²) in [7, 11) is 0. The standard InChI is InChI=1S/C16H24N2O/c1-2-12(13-6-4-3-5-7-13)10-16(19)18-15(11-17)14-8-9-14/h3-7,12,14-15H,2,8-11,17H2,1H3,(H,18,19). The van der Waals surface area contributed by atoms with Crippen LogP contribution >= 0.6 is 0 Å². The fourth-order valence-corrected chi connectivity index (χ4v) is 2.58. The molecule has 0 aromatic heterocycles. The Kier molecular flexibility index (Phi) is 4.97. The summed E-state index contributed by atoms with van der Waals surface area (Å²) in [5.74, 6) is 1.06. The van der Waals surface area contributed by atoms with Crippen molar-refractivity contribution in [1.82, 2.24) is 5.32 Å². The molecule has 0 radical (unpaired) electrons. The van der Waals surface area contributed by atoms with Gasteiger partial charge in [0.05, 0.1) is 0 Å². The van der Waals surface area contributed by atoms with Gasteiger partial charge in [0.1, 0.15) is 0 Å². The van der Waals surface area contributed by atoms with Gasteiger partial charge in [0.15, 0.2) is 0 Å². The maximum Gasteiger partial charge on any atom is 0.220 e. The molecule has 2 atom stereocenters. The molecular weight excluding hydrogens is 236 g/mol. The lowest BCUT2D eigenvalue weighted by Gasteiger charge is -2.19. The average Bonchev–Trinajstić information content (AvgIpc) is 3.27. The zero-order valence-electron chi connectivity index (χ0n) is 11.6. The molecule has 1 fully saturated rings. The Hall–Kier alpha value is -1.35. The first-order valence-electron chi connectivity index (χ1n) is 7.29. The van der Waals surface area contributed by atoms with E-state index >= 15 is 0 Å². The van der Waals surface area contributed by atoms with E-state index in [4.69, 9.17) is 5.73 Å². The summed E-state index contributed by atoms with van der Waals surface area (Å²) in [6.07, 6.45) is 3.95. The fraction of sp³-hybridized carbons (Fsp3) is 0.562. The van der Waals surface area contributed by atoms with Crippen molar-refractivity contribution in [2.45, 2.75) is 44.6 Å². The second kappa shape index (κ2) is 6.71. The van der Waals surface area contributed by atoms with E-state index in [0.29, 0.717) is 24.8 Å². The van der Waals surface area contributed by atoms with Gasteiger partial charge in [-0.2, -0.15) is 0 Å². The molecule has 1 aliphatic carbocycles. The Balaban J connectivity index is 1.89. The van der Waals surface area contributed by atoms with Crippen molar-refractivity contribution < 1.29 is 4.79 Å². The number of nitrogens with two attached hydrogens (primary N) is 1. The van der Waals surface area contributed by atoms with E-state index in [9.17, 15) is 4.79 Å². The van der Waals surface area contributed by atoms with E-state index in [1.807, 2.05) is 18.2 Å². The maximum absolute atomic E-state index is 12.1. The smallest absolute Gasteiger partial charge is 0.220 e. The molecule has 3 N–H and O–H groups in total. The molecule has 2 rings (SSSR count). The van der Waals surface area contributed by atoms with E-state index in [2.05, 4.69) is 24.4 Å². The van der Waals surface area contributed by atoms with Crippen molar-refractivity contribution in [3.05, 3.63) is 35.9 Å². The monoisotopic (exact) mass is 260 g/mol. The first-order chi connectivity index (χ1) is 9.24. The van der Waals surface area contributed by atoms with Crippen LogP contribution in [0.3, 0.4) is 0 Å². The molecule has 1 amide bonds. The Morgan fingerprint density at radius 3 is 2.58 bits per heavy atom. The lowest BCUT2D eigenvalue weighted by molar-refractivity contribution is -0.122. The number of rotatable bonds is 7. The van der Waals surface area contributed by atoms with Crippen molar-refractivity contribution in [3.8, 4) is 0 Å². The van der Waals surface area contributed by atoms with E-state index in [1.165, 1.54) is 18.4 Å². The minimum absolute atomic E-state index is 0.137. The van der Waals surface area contributed by atoms with Gasteiger partial charge in [0.2, 0.25) is 5.91 Å². The van der Waals surface area contributed by atoms with Gasteiger partial charge in [-0.3, -0.25) is 4.79 Å². The third-order valence-electron chi connectivity index (χ3n) is 3.99. The topological polar surface area (TPSA) is 55.1 Å². The van der Waals surface area contributed by atoms with E-state index < -0.39 is 0 Å². The van der Waals surface area contributed by atoms with Crippen LogP contribution in [-0.2, 0) is 4.79 Å². The quantitative estimate of drug-likeness (QED) is 0.791. The van der Waals surface area contributed by atoms with Crippen LogP contribution in [0.4, 0.5) is 0 Å². The van der Waals surface area contributed by atoms with Crippen molar-refractivity contribution in [3.63, 3.8) is 0 Å². The van der Waals surface area contributed by atoms with Crippen LogP contribution in [0.15, 0.2) is 30.3 Å². The maximum atomic E-state index is 12.1. The summed E-state index contributed by atoms with van der Waals surface area (Å²) in [6, 6.07) is 10.5. The molecule has 19 heavy (non-hydrogen) atoms. The molecule has 1 aromatic carbocycles. The first kappa shape index (κ1) is 14.1. The molecular formula is C16H24N2O. The molecule has 3 nitrogen and oxygen atoms in total. The summed E-state index contributed by atoms with van der Waals surface area (Å²) < 4.78 is 0. The molecule has 0 aliphatic heterocycles. The highest BCUT2D eigenvalue weighted by atomic mass is 16.1. The number of carbonyl (C=O) groups is 1.